The first-order valence-electron chi connectivity index (χ1n) is 10.7. The summed E-state index contributed by atoms with van der Waals surface area (Å²) in [5.41, 5.74) is 3.75. The van der Waals surface area contributed by atoms with Crippen LogP contribution in [0.2, 0.25) is 0 Å². The van der Waals surface area contributed by atoms with Crippen LogP contribution in [0.3, 0.4) is 0 Å². The fourth-order valence-electron chi connectivity index (χ4n) is 5.33. The molecule has 0 unspecified atom stereocenters. The normalized spacial score (nSPS) is 28.5. The minimum absolute atomic E-state index is 0.0147. The van der Waals surface area contributed by atoms with Crippen LogP contribution >= 0.6 is 0 Å². The highest BCUT2D eigenvalue weighted by Crippen LogP contribution is 2.52. The van der Waals surface area contributed by atoms with Gasteiger partial charge in [0.25, 0.3) is 0 Å². The monoisotopic (exact) mass is 420 g/mol. The highest BCUT2D eigenvalue weighted by atomic mass is 16.5. The van der Waals surface area contributed by atoms with E-state index in [0.29, 0.717) is 19.6 Å². The second-order valence-corrected chi connectivity index (χ2v) is 9.24. The molecule has 1 aromatic heterocycles. The lowest BCUT2D eigenvalue weighted by Gasteiger charge is -2.27. The van der Waals surface area contributed by atoms with Crippen molar-refractivity contribution in [2.24, 2.45) is 18.9 Å². The van der Waals surface area contributed by atoms with Crippen molar-refractivity contribution >= 4 is 11.8 Å². The molecule has 0 aliphatic carbocycles. The Morgan fingerprint density at radius 1 is 1.35 bits per heavy atom. The smallest absolute Gasteiger partial charge is 0.230 e. The number of hydrogen-bond acceptors (Lipinski definition) is 4. The van der Waals surface area contributed by atoms with Crippen LogP contribution in [0.15, 0.2) is 42.7 Å². The SMILES string of the molecule is Cc1ccc(C)c(CN2C[C@]34C=C[C@H](O3)[C@H](C(=O)N(C)Cc3cnn(C)c3)[C@@H]4C2=O)c1. The van der Waals surface area contributed by atoms with Gasteiger partial charge in [0.2, 0.25) is 11.8 Å². The van der Waals surface area contributed by atoms with E-state index in [9.17, 15) is 9.59 Å². The molecule has 2 bridgehead atoms. The maximum absolute atomic E-state index is 13.5. The summed E-state index contributed by atoms with van der Waals surface area (Å²) in [5, 5.41) is 4.17. The molecule has 7 nitrogen and oxygen atoms in total. The molecular formula is C24H28N4O3. The minimum Gasteiger partial charge on any atom is -0.360 e. The first-order valence-corrected chi connectivity index (χ1v) is 10.7. The highest BCUT2D eigenvalue weighted by Gasteiger charge is 2.67. The molecule has 3 aliphatic heterocycles. The van der Waals surface area contributed by atoms with Gasteiger partial charge in [-0.15, -0.1) is 0 Å². The van der Waals surface area contributed by atoms with Crippen LogP contribution in [0.4, 0.5) is 0 Å². The molecule has 7 heteroatoms. The number of likely N-dealkylation sites (tertiary alicyclic amines) is 1. The Kier molecular flexibility index (Phi) is 4.55. The maximum atomic E-state index is 13.5. The summed E-state index contributed by atoms with van der Waals surface area (Å²) in [4.78, 5) is 30.5. The molecule has 162 valence electrons. The Bertz CT molecular complexity index is 1090. The largest absolute Gasteiger partial charge is 0.360 e. The molecule has 0 N–H and O–H groups in total. The standard InChI is InChI=1S/C24H28N4O3/c1-15-5-6-16(2)18(9-15)13-28-14-24-8-7-19(31-24)20(21(24)23(28)30)22(29)26(3)11-17-10-25-27(4)12-17/h5-10,12,19-21H,11,13-14H2,1-4H3/t19-,20-,21+,24-/m0/s1. The van der Waals surface area contributed by atoms with Gasteiger partial charge in [0.05, 0.1) is 30.7 Å². The van der Waals surface area contributed by atoms with Crippen LogP contribution in [-0.4, -0.2) is 56.7 Å². The van der Waals surface area contributed by atoms with Crippen molar-refractivity contribution < 1.29 is 14.3 Å². The predicted molar refractivity (Wildman–Crippen MR) is 115 cm³/mol. The molecule has 0 radical (unpaired) electrons. The number of benzene rings is 1. The van der Waals surface area contributed by atoms with E-state index in [1.807, 2.05) is 30.3 Å². The van der Waals surface area contributed by atoms with Crippen LogP contribution in [-0.2, 0) is 34.5 Å². The lowest BCUT2D eigenvalue weighted by atomic mass is 9.76. The summed E-state index contributed by atoms with van der Waals surface area (Å²) >= 11 is 0. The quantitative estimate of drug-likeness (QED) is 0.694. The molecular weight excluding hydrogens is 392 g/mol. The zero-order valence-corrected chi connectivity index (χ0v) is 18.4. The molecule has 1 spiro atoms. The average molecular weight is 421 g/mol. The topological polar surface area (TPSA) is 67.7 Å². The number of aromatic nitrogens is 2. The van der Waals surface area contributed by atoms with Gasteiger partial charge in [-0.05, 0) is 25.0 Å². The molecule has 5 rings (SSSR count). The third-order valence-corrected chi connectivity index (χ3v) is 6.88. The first-order chi connectivity index (χ1) is 14.8. The lowest BCUT2D eigenvalue weighted by molar-refractivity contribution is -0.142. The Labute approximate surface area is 182 Å². The van der Waals surface area contributed by atoms with Crippen LogP contribution in [0, 0.1) is 25.7 Å². The van der Waals surface area contributed by atoms with Gasteiger partial charge >= 0.3 is 0 Å². The molecule has 2 saturated heterocycles. The Morgan fingerprint density at radius 2 is 2.16 bits per heavy atom. The Morgan fingerprint density at radius 3 is 2.90 bits per heavy atom. The second-order valence-electron chi connectivity index (χ2n) is 9.24. The number of amides is 2. The van der Waals surface area contributed by atoms with Crippen molar-refractivity contribution in [1.82, 2.24) is 19.6 Å². The van der Waals surface area contributed by atoms with Gasteiger partial charge in [0, 0.05) is 38.9 Å². The van der Waals surface area contributed by atoms with E-state index in [0.717, 1.165) is 16.7 Å². The first kappa shape index (κ1) is 20.0. The zero-order chi connectivity index (χ0) is 21.9. The van der Waals surface area contributed by atoms with Gasteiger partial charge in [-0.25, -0.2) is 0 Å². The molecule has 2 amide bonds. The van der Waals surface area contributed by atoms with Crippen molar-refractivity contribution in [2.75, 3.05) is 13.6 Å². The summed E-state index contributed by atoms with van der Waals surface area (Å²) in [7, 11) is 3.64. The Hall–Kier alpha value is -2.93. The molecule has 4 heterocycles. The summed E-state index contributed by atoms with van der Waals surface area (Å²) in [6, 6.07) is 6.30. The van der Waals surface area contributed by atoms with Gasteiger partial charge in [0.15, 0.2) is 0 Å². The molecule has 4 atom stereocenters. The maximum Gasteiger partial charge on any atom is 0.230 e. The van der Waals surface area contributed by atoms with Crippen LogP contribution in [0.25, 0.3) is 0 Å². The van der Waals surface area contributed by atoms with Crippen molar-refractivity contribution in [3.8, 4) is 0 Å². The van der Waals surface area contributed by atoms with Crippen molar-refractivity contribution in [2.45, 2.75) is 38.6 Å². The fourth-order valence-corrected chi connectivity index (χ4v) is 5.33. The summed E-state index contributed by atoms with van der Waals surface area (Å²) in [6.45, 7) is 5.62. The zero-order valence-electron chi connectivity index (χ0n) is 18.4. The van der Waals surface area contributed by atoms with Gasteiger partial charge < -0.3 is 14.5 Å². The van der Waals surface area contributed by atoms with Crippen LogP contribution < -0.4 is 0 Å². The number of hydrogen-bond donors (Lipinski definition) is 0. The number of rotatable bonds is 5. The van der Waals surface area contributed by atoms with E-state index in [4.69, 9.17) is 4.74 Å². The molecule has 1 aromatic carbocycles. The van der Waals surface area contributed by atoms with E-state index in [1.165, 1.54) is 5.56 Å². The number of carbonyl (C=O) groups is 2. The number of aryl methyl sites for hydroxylation is 3. The van der Waals surface area contributed by atoms with Gasteiger partial charge in [-0.3, -0.25) is 14.3 Å². The van der Waals surface area contributed by atoms with Crippen molar-refractivity contribution in [3.63, 3.8) is 0 Å². The summed E-state index contributed by atoms with van der Waals surface area (Å²) < 4.78 is 8.00. The third kappa shape index (κ3) is 3.19. The van der Waals surface area contributed by atoms with Crippen LogP contribution in [0.5, 0.6) is 0 Å². The minimum atomic E-state index is -0.686. The van der Waals surface area contributed by atoms with E-state index < -0.39 is 17.4 Å². The molecule has 2 fully saturated rings. The van der Waals surface area contributed by atoms with Crippen molar-refractivity contribution in [1.29, 1.82) is 0 Å². The Balaban J connectivity index is 1.37. The predicted octanol–water partition coefficient (Wildman–Crippen LogP) is 1.98. The van der Waals surface area contributed by atoms with Crippen molar-refractivity contribution in [3.05, 3.63) is 65.0 Å². The fraction of sp³-hybridized carbons (Fsp3) is 0.458. The molecule has 2 aromatic rings. The summed E-state index contributed by atoms with van der Waals surface area (Å²) in [6.07, 6.45) is 7.30. The molecule has 31 heavy (non-hydrogen) atoms. The van der Waals surface area contributed by atoms with E-state index >= 15 is 0 Å². The van der Waals surface area contributed by atoms with E-state index in [-0.39, 0.29) is 17.9 Å². The average Bonchev–Trinajstić information content (AvgIpc) is 3.46. The van der Waals surface area contributed by atoms with E-state index in [1.54, 1.807) is 22.8 Å². The highest BCUT2D eigenvalue weighted by molar-refractivity contribution is 5.93. The third-order valence-electron chi connectivity index (χ3n) is 6.88. The molecule has 3 aliphatic rings. The van der Waals surface area contributed by atoms with Gasteiger partial charge in [0.1, 0.15) is 5.60 Å². The van der Waals surface area contributed by atoms with Gasteiger partial charge in [-0.1, -0.05) is 35.9 Å². The number of carbonyl (C=O) groups excluding carboxylic acids is 2. The van der Waals surface area contributed by atoms with Crippen LogP contribution in [0.1, 0.15) is 22.3 Å². The van der Waals surface area contributed by atoms with Gasteiger partial charge in [-0.2, -0.15) is 5.10 Å². The number of nitrogens with zero attached hydrogens (tertiary/aromatic N) is 4. The number of fused-ring (bicyclic) bond motifs is 1. The van der Waals surface area contributed by atoms with E-state index in [2.05, 4.69) is 37.1 Å². The second kappa shape index (κ2) is 7.05. The molecule has 0 saturated carbocycles. The summed E-state index contributed by atoms with van der Waals surface area (Å²) in [5.74, 6) is -0.980. The lowest BCUT2D eigenvalue weighted by Crippen LogP contribution is -2.44. The number of ether oxygens (including phenoxy) is 1.